The molecule has 0 spiro atoms. The Balaban J connectivity index is 0.00000188. The maximum atomic E-state index is 12.9. The van der Waals surface area contributed by atoms with Crippen molar-refractivity contribution >= 4 is 81.9 Å². The Morgan fingerprint density at radius 2 is 0.474 bits per heavy atom. The van der Waals surface area contributed by atoms with Crippen molar-refractivity contribution in [3.8, 4) is 0 Å². The van der Waals surface area contributed by atoms with Crippen molar-refractivity contribution in [3.63, 3.8) is 0 Å². The van der Waals surface area contributed by atoms with Gasteiger partial charge in [0.15, 0.2) is 0 Å². The van der Waals surface area contributed by atoms with Gasteiger partial charge in [0.2, 0.25) is 0 Å². The van der Waals surface area contributed by atoms with Crippen LogP contribution in [0.3, 0.4) is 0 Å². The largest absolute Gasteiger partial charge is 2.00 e. The Morgan fingerprint density at radius 3 is 0.680 bits per heavy atom. The number of carbonyl (C=O) groups excluding carboxylic acids is 4. The van der Waals surface area contributed by atoms with E-state index in [9.17, 15) is 45.1 Å². The van der Waals surface area contributed by atoms with Gasteiger partial charge in [0, 0.05) is 0 Å². The van der Waals surface area contributed by atoms with Crippen LogP contribution in [-0.2, 0) is 39.2 Å². The Morgan fingerprint density at radius 1 is 0.289 bits per heavy atom. The van der Waals surface area contributed by atoms with Gasteiger partial charge in [0.05, 0.1) is 58.5 Å². The van der Waals surface area contributed by atoms with E-state index < -0.39 is 65.0 Å². The Kier molecular flexibility index (Phi) is 63.2. The smallest absolute Gasteiger partial charge is 0.744 e. The molecule has 0 saturated heterocycles. The van der Waals surface area contributed by atoms with E-state index in [0.717, 1.165) is 141 Å². The van der Waals surface area contributed by atoms with Crippen LogP contribution in [-0.4, -0.2) is 114 Å². The molecule has 2 aromatic carbocycles. The van der Waals surface area contributed by atoms with Crippen LogP contribution < -0.4 is 0 Å². The van der Waals surface area contributed by atoms with E-state index in [1.807, 2.05) is 0 Å². The molecule has 14 nitrogen and oxygen atoms in total. The molecule has 0 atom stereocenters. The van der Waals surface area contributed by atoms with Crippen LogP contribution in [0.25, 0.3) is 0 Å². The molecule has 17 heteroatoms. The van der Waals surface area contributed by atoms with Crippen molar-refractivity contribution in [1.82, 2.24) is 0 Å². The van der Waals surface area contributed by atoms with Crippen LogP contribution in [0.1, 0.15) is 377 Å². The van der Waals surface area contributed by atoms with Gasteiger partial charge in [-0.3, -0.25) is 0 Å². The Bertz CT molecular complexity index is 2470. The second kappa shape index (κ2) is 65.7. The molecule has 0 fully saturated rings. The molecule has 0 N–H and O–H groups in total. The zero-order valence-electron chi connectivity index (χ0n) is 61.1. The summed E-state index contributed by atoms with van der Waals surface area (Å²) in [6.07, 6.45) is 72.3. The zero-order chi connectivity index (χ0) is 70.3. The third-order valence-corrected chi connectivity index (χ3v) is 18.8. The average molecular weight is 1420 g/mol. The van der Waals surface area contributed by atoms with Gasteiger partial charge in [-0.2, -0.15) is 0 Å². The molecule has 0 saturated carbocycles. The first-order valence-electron chi connectivity index (χ1n) is 38.1. The van der Waals surface area contributed by atoms with Crippen LogP contribution in [0.15, 0.2) is 94.8 Å². The maximum Gasteiger partial charge on any atom is 2.00 e. The van der Waals surface area contributed by atoms with E-state index in [0.29, 0.717) is 25.7 Å². The molecule has 0 heterocycles. The van der Waals surface area contributed by atoms with Gasteiger partial charge in [-0.05, 0) is 153 Å². The third-order valence-electron chi connectivity index (χ3n) is 17.0. The molecule has 2 aromatic rings. The summed E-state index contributed by atoms with van der Waals surface area (Å²) in [6, 6.07) is 7.17. The molecule has 0 aliphatic carbocycles. The monoisotopic (exact) mass is 1420 g/mol. The molecular weight excluding hydrogens is 1290 g/mol. The summed E-state index contributed by atoms with van der Waals surface area (Å²) in [5.74, 6) is -3.68. The van der Waals surface area contributed by atoms with Crippen molar-refractivity contribution in [2.75, 3.05) is 26.4 Å². The number of ether oxygens (including phenoxy) is 4. The fourth-order valence-electron chi connectivity index (χ4n) is 11.2. The van der Waals surface area contributed by atoms with E-state index in [-0.39, 0.29) is 75.3 Å². The van der Waals surface area contributed by atoms with Crippen molar-refractivity contribution in [2.24, 2.45) is 0 Å². The standard InChI is InChI=1S/2C40H66O7S.Ca/c2*1-3-5-7-9-11-13-15-17-19-21-23-25-27-29-34-46-39(41)36-32-31-33-37(48(43,44)45)38(36)40(42)47-35-30-28-26-24-22-20-18-16-14-12-10-8-6-4-2;/h2*17-20,31-33H,3-16,21-30,34-35H2,1-2H3,(H,43,44,45);/q;;+2/p-2/b2*19-17+,20-18+;. The molecule has 0 unspecified atom stereocenters. The number of unbranched alkanes of at least 4 members (excludes halogenated alkanes) is 40. The van der Waals surface area contributed by atoms with Crippen LogP contribution in [0.4, 0.5) is 0 Å². The van der Waals surface area contributed by atoms with Gasteiger partial charge in [-0.1, -0.05) is 268 Å². The van der Waals surface area contributed by atoms with Gasteiger partial charge in [0.1, 0.15) is 20.2 Å². The summed E-state index contributed by atoms with van der Waals surface area (Å²) in [5.41, 5.74) is -1.61. The summed E-state index contributed by atoms with van der Waals surface area (Å²) in [6.45, 7) is 9.36. The first-order valence-corrected chi connectivity index (χ1v) is 40.9. The first-order chi connectivity index (χ1) is 46.6. The molecule has 0 aromatic heterocycles. The quantitative estimate of drug-likeness (QED) is 0.0150. The van der Waals surface area contributed by atoms with E-state index in [2.05, 4.69) is 76.3 Å². The number of allylic oxidation sites excluding steroid dienone is 8. The van der Waals surface area contributed by atoms with Gasteiger partial charge < -0.3 is 28.1 Å². The normalized spacial score (nSPS) is 11.8. The van der Waals surface area contributed by atoms with E-state index in [1.54, 1.807) is 0 Å². The molecule has 0 bridgehead atoms. The molecule has 548 valence electrons. The van der Waals surface area contributed by atoms with Gasteiger partial charge in [0.25, 0.3) is 0 Å². The second-order valence-corrected chi connectivity index (χ2v) is 28.4. The predicted octanol–water partition coefficient (Wildman–Crippen LogP) is 22.5. The summed E-state index contributed by atoms with van der Waals surface area (Å²) in [5, 5.41) is 0. The minimum atomic E-state index is -5.02. The maximum absolute atomic E-state index is 12.9. The molecule has 0 radical (unpaired) electrons. The number of esters is 4. The second-order valence-electron chi connectivity index (χ2n) is 25.7. The average Bonchev–Trinajstić information content (AvgIpc) is 0.804. The minimum Gasteiger partial charge on any atom is -0.744 e. The summed E-state index contributed by atoms with van der Waals surface area (Å²) in [7, 11) is -10.0. The predicted molar refractivity (Wildman–Crippen MR) is 397 cm³/mol. The third kappa shape index (κ3) is 52.1. The number of hydrogen-bond donors (Lipinski definition) is 0. The summed E-state index contributed by atoms with van der Waals surface area (Å²) < 4.78 is 92.9. The van der Waals surface area contributed by atoms with Crippen LogP contribution in [0.2, 0.25) is 0 Å². The summed E-state index contributed by atoms with van der Waals surface area (Å²) >= 11 is 0. The number of benzene rings is 2. The number of carbonyl (C=O) groups is 4. The van der Waals surface area contributed by atoms with Gasteiger partial charge in [-0.15, -0.1) is 0 Å². The SMILES string of the molecule is CCCCCCCC/C=C/CCCCCCOC(=O)c1cccc(S(=O)(=O)[O-])c1C(=O)OCCCCCC/C=C/CCCCCCCC.CCCCCCCC/C=C/CCCCCCOC(=O)c1cccc(S(=O)(=O)[O-])c1C(=O)OCCCCCC/C=C/CCCCCCCC.[Ca+2]. The fourth-order valence-corrected chi connectivity index (χ4v) is 12.6. The molecule has 2 rings (SSSR count). The summed E-state index contributed by atoms with van der Waals surface area (Å²) in [4.78, 5) is 50.1. The van der Waals surface area contributed by atoms with Crippen molar-refractivity contribution < 1.29 is 64.1 Å². The van der Waals surface area contributed by atoms with Crippen LogP contribution >= 0.6 is 0 Å². The Hall–Kier alpha value is -3.64. The number of hydrogen-bond acceptors (Lipinski definition) is 14. The number of rotatable bonds is 62. The van der Waals surface area contributed by atoms with Crippen LogP contribution in [0, 0.1) is 0 Å². The van der Waals surface area contributed by atoms with Crippen molar-refractivity contribution in [2.45, 2.75) is 346 Å². The van der Waals surface area contributed by atoms with Gasteiger partial charge >= 0.3 is 61.6 Å². The minimum absolute atomic E-state index is 0. The van der Waals surface area contributed by atoms with Crippen LogP contribution in [0.5, 0.6) is 0 Å². The molecule has 0 aliphatic heterocycles. The van der Waals surface area contributed by atoms with E-state index >= 15 is 0 Å². The molecule has 0 aliphatic rings. The topological polar surface area (TPSA) is 220 Å². The molecule has 0 amide bonds. The van der Waals surface area contributed by atoms with E-state index in [1.165, 1.54) is 178 Å². The first kappa shape index (κ1) is 93.4. The molecule has 97 heavy (non-hydrogen) atoms. The van der Waals surface area contributed by atoms with E-state index in [4.69, 9.17) is 18.9 Å². The van der Waals surface area contributed by atoms with Gasteiger partial charge in [-0.25, -0.2) is 36.0 Å². The van der Waals surface area contributed by atoms with Crippen molar-refractivity contribution in [3.05, 3.63) is 107 Å². The fraction of sp³-hybridized carbons (Fsp3) is 0.700. The Labute approximate surface area is 620 Å². The zero-order valence-corrected chi connectivity index (χ0v) is 64.9. The molecular formula is C80H130CaO14S2. The van der Waals surface area contributed by atoms with Crippen molar-refractivity contribution in [1.29, 1.82) is 0 Å².